The minimum Gasteiger partial charge on any atom is -0.494 e. The normalized spacial score (nSPS) is 12.2. The van der Waals surface area contributed by atoms with Crippen molar-refractivity contribution in [1.29, 1.82) is 0 Å². The minimum atomic E-state index is 0.134. The molecule has 0 saturated carbocycles. The van der Waals surface area contributed by atoms with Crippen molar-refractivity contribution in [3.8, 4) is 5.75 Å². The Labute approximate surface area is 92.8 Å². The first-order valence-electron chi connectivity index (χ1n) is 5.44. The Kier molecular flexibility index (Phi) is 4.41. The quantitative estimate of drug-likeness (QED) is 0.662. The van der Waals surface area contributed by atoms with E-state index >= 15 is 0 Å². The van der Waals surface area contributed by atoms with Crippen molar-refractivity contribution in [1.82, 2.24) is 0 Å². The smallest absolute Gasteiger partial charge is 0.122 e. The van der Waals surface area contributed by atoms with Crippen molar-refractivity contribution in [3.05, 3.63) is 48.9 Å². The van der Waals surface area contributed by atoms with Crippen LogP contribution in [-0.4, -0.2) is 6.61 Å². The zero-order valence-corrected chi connectivity index (χ0v) is 9.62. The second-order valence-electron chi connectivity index (χ2n) is 3.50. The third kappa shape index (κ3) is 2.85. The van der Waals surface area contributed by atoms with Gasteiger partial charge in [-0.25, -0.2) is 0 Å². The molecule has 1 unspecified atom stereocenters. The van der Waals surface area contributed by atoms with Crippen molar-refractivity contribution in [2.75, 3.05) is 6.61 Å². The molecule has 0 N–H and O–H groups in total. The first kappa shape index (κ1) is 11.8. The largest absolute Gasteiger partial charge is 0.494 e. The third-order valence-corrected chi connectivity index (χ3v) is 2.48. The molecule has 0 aliphatic rings. The van der Waals surface area contributed by atoms with Crippen molar-refractivity contribution in [3.63, 3.8) is 0 Å². The molecule has 0 aliphatic carbocycles. The molecule has 0 heterocycles. The second kappa shape index (κ2) is 5.59. The number of benzene rings is 1. The van der Waals surface area contributed by atoms with E-state index in [1.807, 2.05) is 13.0 Å². The summed E-state index contributed by atoms with van der Waals surface area (Å²) in [5, 5.41) is 0. The Morgan fingerprint density at radius 2 is 2.13 bits per heavy atom. The van der Waals surface area contributed by atoms with E-state index in [0.717, 1.165) is 17.7 Å². The number of hydrogen-bond donors (Lipinski definition) is 0. The highest BCUT2D eigenvalue weighted by molar-refractivity contribution is 5.40. The van der Waals surface area contributed by atoms with Crippen molar-refractivity contribution in [2.45, 2.75) is 26.2 Å². The van der Waals surface area contributed by atoms with Crippen LogP contribution >= 0.6 is 0 Å². The van der Waals surface area contributed by atoms with Gasteiger partial charge in [0, 0.05) is 5.92 Å². The van der Waals surface area contributed by atoms with Gasteiger partial charge in [-0.05, 0) is 37.5 Å². The van der Waals surface area contributed by atoms with E-state index in [0.29, 0.717) is 6.61 Å². The Hall–Kier alpha value is -1.24. The number of hydrogen-bond acceptors (Lipinski definition) is 1. The van der Waals surface area contributed by atoms with Gasteiger partial charge in [-0.15, -0.1) is 6.58 Å². The molecule has 0 fully saturated rings. The monoisotopic (exact) mass is 203 g/mol. The van der Waals surface area contributed by atoms with Gasteiger partial charge in [0.25, 0.3) is 0 Å². The van der Waals surface area contributed by atoms with Gasteiger partial charge in [-0.2, -0.15) is 0 Å². The van der Waals surface area contributed by atoms with Crippen LogP contribution in [0.2, 0.25) is 0 Å². The molecule has 15 heavy (non-hydrogen) atoms. The number of aryl methyl sites for hydroxylation is 1. The predicted octanol–water partition coefficient (Wildman–Crippen LogP) is 3.75. The van der Waals surface area contributed by atoms with Gasteiger partial charge < -0.3 is 4.74 Å². The van der Waals surface area contributed by atoms with Crippen LogP contribution in [0, 0.1) is 6.92 Å². The second-order valence-corrected chi connectivity index (χ2v) is 3.50. The highest BCUT2D eigenvalue weighted by Gasteiger charge is 2.06. The lowest BCUT2D eigenvalue weighted by atomic mass is 9.98. The lowest BCUT2D eigenvalue weighted by Gasteiger charge is -2.13. The molecule has 1 radical (unpaired) electrons. The van der Waals surface area contributed by atoms with E-state index in [4.69, 9.17) is 4.74 Å². The van der Waals surface area contributed by atoms with E-state index < -0.39 is 0 Å². The molecule has 1 aromatic rings. The van der Waals surface area contributed by atoms with E-state index in [9.17, 15) is 0 Å². The van der Waals surface area contributed by atoms with Crippen LogP contribution in [0.3, 0.4) is 0 Å². The minimum absolute atomic E-state index is 0.134. The average molecular weight is 203 g/mol. The summed E-state index contributed by atoms with van der Waals surface area (Å²) in [6.07, 6.45) is 2.84. The third-order valence-electron chi connectivity index (χ3n) is 2.48. The first-order valence-corrected chi connectivity index (χ1v) is 5.44. The summed E-state index contributed by atoms with van der Waals surface area (Å²) in [5.74, 6) is 1.11. The van der Waals surface area contributed by atoms with Gasteiger partial charge in [0.2, 0.25) is 0 Å². The molecular formula is C14H19O. The molecule has 0 amide bonds. The summed E-state index contributed by atoms with van der Waals surface area (Å²) in [6.45, 7) is 12.6. The van der Waals surface area contributed by atoms with Crippen molar-refractivity contribution < 1.29 is 4.74 Å². The summed E-state index contributed by atoms with van der Waals surface area (Å²) >= 11 is 0. The van der Waals surface area contributed by atoms with Crippen LogP contribution in [0.4, 0.5) is 0 Å². The lowest BCUT2D eigenvalue weighted by Crippen LogP contribution is -1.98. The summed E-state index contributed by atoms with van der Waals surface area (Å²) < 4.78 is 5.60. The van der Waals surface area contributed by atoms with E-state index in [2.05, 4.69) is 38.6 Å². The molecule has 1 rings (SSSR count). The highest BCUT2D eigenvalue weighted by Crippen LogP contribution is 2.25. The molecule has 0 aliphatic heterocycles. The Morgan fingerprint density at radius 3 is 2.67 bits per heavy atom. The highest BCUT2D eigenvalue weighted by atomic mass is 16.5. The number of ether oxygens (including phenoxy) is 1. The number of rotatable bonds is 5. The van der Waals surface area contributed by atoms with Crippen LogP contribution < -0.4 is 4.74 Å². The number of allylic oxidation sites excluding steroid dienone is 1. The molecule has 81 valence electrons. The Balaban J connectivity index is 3.03. The molecule has 0 bridgehead atoms. The van der Waals surface area contributed by atoms with Crippen LogP contribution in [-0.2, 0) is 6.42 Å². The average Bonchev–Trinajstić information content (AvgIpc) is 2.28. The van der Waals surface area contributed by atoms with E-state index in [1.165, 1.54) is 5.56 Å². The SMILES string of the molecule is [CH2]C(C=C)c1ccc(CC)c(OCC)c1. The molecular weight excluding hydrogens is 184 g/mol. The summed E-state index contributed by atoms with van der Waals surface area (Å²) in [6, 6.07) is 6.28. The van der Waals surface area contributed by atoms with Gasteiger partial charge in [0.05, 0.1) is 6.61 Å². The van der Waals surface area contributed by atoms with Crippen LogP contribution in [0.1, 0.15) is 30.9 Å². The molecule has 0 saturated heterocycles. The van der Waals surface area contributed by atoms with E-state index in [-0.39, 0.29) is 5.92 Å². The van der Waals surface area contributed by atoms with Crippen LogP contribution in [0.25, 0.3) is 0 Å². The maximum atomic E-state index is 5.60. The zero-order chi connectivity index (χ0) is 11.3. The van der Waals surface area contributed by atoms with Crippen LogP contribution in [0.15, 0.2) is 30.9 Å². The van der Waals surface area contributed by atoms with Gasteiger partial charge in [-0.3, -0.25) is 0 Å². The topological polar surface area (TPSA) is 9.23 Å². The summed E-state index contributed by atoms with van der Waals surface area (Å²) in [4.78, 5) is 0. The van der Waals surface area contributed by atoms with Gasteiger partial charge in [-0.1, -0.05) is 25.1 Å². The zero-order valence-electron chi connectivity index (χ0n) is 9.62. The molecule has 1 nitrogen and oxygen atoms in total. The Bertz CT molecular complexity index is 328. The van der Waals surface area contributed by atoms with Gasteiger partial charge in [0.15, 0.2) is 0 Å². The first-order chi connectivity index (χ1) is 7.22. The van der Waals surface area contributed by atoms with Crippen molar-refractivity contribution >= 4 is 0 Å². The van der Waals surface area contributed by atoms with Gasteiger partial charge >= 0.3 is 0 Å². The maximum absolute atomic E-state index is 5.60. The predicted molar refractivity (Wildman–Crippen MR) is 65.3 cm³/mol. The molecule has 1 atom stereocenters. The molecule has 0 spiro atoms. The fraction of sp³-hybridized carbons (Fsp3) is 0.357. The summed E-state index contributed by atoms with van der Waals surface area (Å²) in [5.41, 5.74) is 2.41. The van der Waals surface area contributed by atoms with Crippen molar-refractivity contribution in [2.24, 2.45) is 0 Å². The molecule has 0 aromatic heterocycles. The fourth-order valence-electron chi connectivity index (χ4n) is 1.52. The Morgan fingerprint density at radius 1 is 1.40 bits per heavy atom. The molecule has 1 heteroatoms. The molecule has 1 aromatic carbocycles. The fourth-order valence-corrected chi connectivity index (χ4v) is 1.52. The summed E-state index contributed by atoms with van der Waals surface area (Å²) in [7, 11) is 0. The maximum Gasteiger partial charge on any atom is 0.122 e. The van der Waals surface area contributed by atoms with Crippen LogP contribution in [0.5, 0.6) is 5.75 Å². The lowest BCUT2D eigenvalue weighted by molar-refractivity contribution is 0.336. The van der Waals surface area contributed by atoms with Gasteiger partial charge in [0.1, 0.15) is 5.75 Å². The standard InChI is InChI=1S/C14H19O/c1-5-11(4)13-9-8-12(6-2)14(10-13)15-7-3/h5,8-11H,1,4,6-7H2,2-3H3. The van der Waals surface area contributed by atoms with E-state index in [1.54, 1.807) is 0 Å².